The minimum Gasteiger partial charge on any atom is -0.374 e. The van der Waals surface area contributed by atoms with Crippen molar-refractivity contribution >= 4 is 27.7 Å². The van der Waals surface area contributed by atoms with Gasteiger partial charge in [-0.15, -0.1) is 0 Å². The predicted molar refractivity (Wildman–Crippen MR) is 100 cm³/mol. The highest BCUT2D eigenvalue weighted by molar-refractivity contribution is 7.99. The number of ether oxygens (including phenoxy) is 1. The molecule has 4 heterocycles. The Morgan fingerprint density at radius 3 is 2.44 bits per heavy atom. The summed E-state index contributed by atoms with van der Waals surface area (Å²) >= 11 is 1.82. The summed E-state index contributed by atoms with van der Waals surface area (Å²) in [5, 5.41) is 3.27. The van der Waals surface area contributed by atoms with E-state index in [1.54, 1.807) is 11.4 Å². The monoisotopic (exact) mass is 388 g/mol. The van der Waals surface area contributed by atoms with Crippen LogP contribution in [0.25, 0.3) is 0 Å². The van der Waals surface area contributed by atoms with Crippen LogP contribution in [0.4, 0.5) is 0 Å². The predicted octanol–water partition coefficient (Wildman–Crippen LogP) is 0.0496. The Balaban J connectivity index is 1.28. The molecule has 0 radical (unpaired) electrons. The smallest absolute Gasteiger partial charge is 0.215 e. The molecular weight excluding hydrogens is 360 g/mol. The lowest BCUT2D eigenvalue weighted by atomic mass is 9.82. The summed E-state index contributed by atoms with van der Waals surface area (Å²) in [5.41, 5.74) is 0. The van der Waals surface area contributed by atoms with Crippen LogP contribution >= 0.6 is 11.8 Å². The van der Waals surface area contributed by atoms with Crippen LogP contribution in [0.1, 0.15) is 12.8 Å². The molecule has 7 nitrogen and oxygen atoms in total. The van der Waals surface area contributed by atoms with Crippen LogP contribution in [0.15, 0.2) is 4.99 Å². The Kier molecular flexibility index (Phi) is 5.18. The van der Waals surface area contributed by atoms with Gasteiger partial charge in [0.15, 0.2) is 5.96 Å². The van der Waals surface area contributed by atoms with E-state index in [1.165, 1.54) is 12.8 Å². The standard InChI is InChI=1S/C16H28N4O3S2/c1-17-16(18-4-9-25(21,22)20-5-7-24-8-6-20)19-10-12-13(11-19)15-3-2-14(12)23-15/h12-15H,2-11H2,1H3,(H,17,18). The van der Waals surface area contributed by atoms with E-state index >= 15 is 0 Å². The molecule has 0 saturated carbocycles. The van der Waals surface area contributed by atoms with Crippen molar-refractivity contribution < 1.29 is 13.2 Å². The zero-order valence-electron chi connectivity index (χ0n) is 14.8. The Labute approximate surface area is 154 Å². The Morgan fingerprint density at radius 2 is 1.84 bits per heavy atom. The molecule has 0 spiro atoms. The van der Waals surface area contributed by atoms with Crippen LogP contribution in [0.3, 0.4) is 0 Å². The van der Waals surface area contributed by atoms with Gasteiger partial charge in [0.2, 0.25) is 10.0 Å². The first kappa shape index (κ1) is 17.9. The summed E-state index contributed by atoms with van der Waals surface area (Å²) in [6, 6.07) is 0. The topological polar surface area (TPSA) is 74.2 Å². The van der Waals surface area contributed by atoms with Crippen LogP contribution in [0.2, 0.25) is 0 Å². The maximum absolute atomic E-state index is 12.4. The maximum Gasteiger partial charge on any atom is 0.215 e. The molecule has 4 aliphatic rings. The summed E-state index contributed by atoms with van der Waals surface area (Å²) < 4.78 is 32.5. The van der Waals surface area contributed by atoms with Crippen molar-refractivity contribution in [1.82, 2.24) is 14.5 Å². The minimum absolute atomic E-state index is 0.131. The van der Waals surface area contributed by atoms with Crippen molar-refractivity contribution in [3.63, 3.8) is 0 Å². The summed E-state index contributed by atoms with van der Waals surface area (Å²) in [5.74, 6) is 3.99. The fourth-order valence-corrected chi connectivity index (χ4v) is 7.20. The molecule has 25 heavy (non-hydrogen) atoms. The molecule has 4 saturated heterocycles. The molecule has 2 bridgehead atoms. The SMILES string of the molecule is CN=C(NCCS(=O)(=O)N1CCSCC1)N1CC2C3CCC(O3)C2C1. The zero-order chi connectivity index (χ0) is 17.4. The average Bonchev–Trinajstić information content (AvgIpc) is 3.32. The Morgan fingerprint density at radius 1 is 1.20 bits per heavy atom. The van der Waals surface area contributed by atoms with Gasteiger partial charge in [-0.25, -0.2) is 12.7 Å². The number of rotatable bonds is 4. The lowest BCUT2D eigenvalue weighted by molar-refractivity contribution is 0.0767. The molecule has 4 unspecified atom stereocenters. The highest BCUT2D eigenvalue weighted by Crippen LogP contribution is 2.47. The first-order valence-electron chi connectivity index (χ1n) is 9.25. The third-order valence-electron chi connectivity index (χ3n) is 5.97. The number of aliphatic imine (C=N–C) groups is 1. The van der Waals surface area contributed by atoms with Gasteiger partial charge >= 0.3 is 0 Å². The third-order valence-corrected chi connectivity index (χ3v) is 8.79. The molecule has 0 aromatic rings. The van der Waals surface area contributed by atoms with Crippen LogP contribution in [-0.2, 0) is 14.8 Å². The van der Waals surface area contributed by atoms with Gasteiger partial charge in [0, 0.05) is 63.1 Å². The lowest BCUT2D eigenvalue weighted by Gasteiger charge is -2.26. The van der Waals surface area contributed by atoms with Crippen molar-refractivity contribution in [2.75, 3.05) is 57.0 Å². The summed E-state index contributed by atoms with van der Waals surface area (Å²) in [6.45, 7) is 3.64. The Bertz CT molecular complexity index is 603. The van der Waals surface area contributed by atoms with Gasteiger partial charge in [-0.3, -0.25) is 4.99 Å². The number of likely N-dealkylation sites (tertiary alicyclic amines) is 1. The van der Waals surface area contributed by atoms with Gasteiger partial charge in [0.1, 0.15) is 0 Å². The van der Waals surface area contributed by atoms with Gasteiger partial charge in [0.05, 0.1) is 18.0 Å². The fourth-order valence-electron chi connectivity index (χ4n) is 4.71. The van der Waals surface area contributed by atoms with E-state index in [0.717, 1.165) is 30.6 Å². The molecule has 4 atom stereocenters. The highest BCUT2D eigenvalue weighted by Gasteiger charge is 2.53. The van der Waals surface area contributed by atoms with E-state index in [0.29, 0.717) is 43.7 Å². The first-order chi connectivity index (χ1) is 12.1. The van der Waals surface area contributed by atoms with Crippen LogP contribution in [0, 0.1) is 11.8 Å². The van der Waals surface area contributed by atoms with Gasteiger partial charge in [0.25, 0.3) is 0 Å². The van der Waals surface area contributed by atoms with E-state index in [-0.39, 0.29) is 5.75 Å². The second kappa shape index (κ2) is 7.25. The normalized spacial score (nSPS) is 36.0. The number of hydrogen-bond donors (Lipinski definition) is 1. The fraction of sp³-hybridized carbons (Fsp3) is 0.938. The van der Waals surface area contributed by atoms with Gasteiger partial charge in [-0.2, -0.15) is 11.8 Å². The van der Waals surface area contributed by atoms with Crippen molar-refractivity contribution in [3.05, 3.63) is 0 Å². The number of thioether (sulfide) groups is 1. The van der Waals surface area contributed by atoms with Crippen LogP contribution in [-0.4, -0.2) is 92.8 Å². The molecule has 9 heteroatoms. The number of nitrogens with zero attached hydrogens (tertiary/aromatic N) is 3. The van der Waals surface area contributed by atoms with Crippen molar-refractivity contribution in [2.45, 2.75) is 25.0 Å². The molecule has 0 aliphatic carbocycles. The number of guanidine groups is 1. The summed E-state index contributed by atoms with van der Waals surface area (Å²) in [7, 11) is -1.39. The second-order valence-corrected chi connectivity index (χ2v) is 10.6. The van der Waals surface area contributed by atoms with Crippen molar-refractivity contribution in [2.24, 2.45) is 16.8 Å². The molecular formula is C16H28N4O3S2. The van der Waals surface area contributed by atoms with E-state index in [9.17, 15) is 8.42 Å². The van der Waals surface area contributed by atoms with Gasteiger partial charge < -0.3 is 15.0 Å². The maximum atomic E-state index is 12.4. The first-order valence-corrected chi connectivity index (χ1v) is 12.0. The molecule has 0 aromatic heterocycles. The number of nitrogens with one attached hydrogen (secondary N) is 1. The number of sulfonamides is 1. The minimum atomic E-state index is -3.17. The Hall–Kier alpha value is -0.510. The third kappa shape index (κ3) is 3.52. The van der Waals surface area contributed by atoms with Gasteiger partial charge in [-0.05, 0) is 12.8 Å². The molecule has 1 N–H and O–H groups in total. The molecule has 4 aliphatic heterocycles. The van der Waals surface area contributed by atoms with E-state index in [4.69, 9.17) is 4.74 Å². The molecule has 4 fully saturated rings. The lowest BCUT2D eigenvalue weighted by Crippen LogP contribution is -2.45. The van der Waals surface area contributed by atoms with Crippen molar-refractivity contribution in [1.29, 1.82) is 0 Å². The quantitative estimate of drug-likeness (QED) is 0.542. The van der Waals surface area contributed by atoms with E-state index in [1.807, 2.05) is 11.8 Å². The molecule has 142 valence electrons. The molecule has 0 aromatic carbocycles. The largest absolute Gasteiger partial charge is 0.374 e. The highest BCUT2D eigenvalue weighted by atomic mass is 32.2. The molecule has 4 rings (SSSR count). The van der Waals surface area contributed by atoms with E-state index in [2.05, 4.69) is 15.2 Å². The summed E-state index contributed by atoms with van der Waals surface area (Å²) in [6.07, 6.45) is 3.24. The number of fused-ring (bicyclic) bond motifs is 5. The van der Waals surface area contributed by atoms with Crippen LogP contribution in [0.5, 0.6) is 0 Å². The van der Waals surface area contributed by atoms with Crippen molar-refractivity contribution in [3.8, 4) is 0 Å². The zero-order valence-corrected chi connectivity index (χ0v) is 16.4. The average molecular weight is 389 g/mol. The van der Waals surface area contributed by atoms with Crippen LogP contribution < -0.4 is 5.32 Å². The number of hydrogen-bond acceptors (Lipinski definition) is 5. The van der Waals surface area contributed by atoms with Gasteiger partial charge in [-0.1, -0.05) is 0 Å². The van der Waals surface area contributed by atoms with E-state index < -0.39 is 10.0 Å². The molecule has 0 amide bonds. The second-order valence-electron chi connectivity index (χ2n) is 7.32. The summed E-state index contributed by atoms with van der Waals surface area (Å²) in [4.78, 5) is 6.66.